The van der Waals surface area contributed by atoms with E-state index >= 15 is 0 Å². The average Bonchev–Trinajstić information content (AvgIpc) is 2.93. The Hall–Kier alpha value is -1.39. The summed E-state index contributed by atoms with van der Waals surface area (Å²) < 4.78 is 5.48. The smallest absolute Gasteiger partial charge is 0.256 e. The Morgan fingerprint density at radius 3 is 2.62 bits per heavy atom. The van der Waals surface area contributed by atoms with Gasteiger partial charge >= 0.3 is 0 Å². The van der Waals surface area contributed by atoms with Crippen molar-refractivity contribution in [3.8, 4) is 0 Å². The molecule has 2 aliphatic heterocycles. The molecule has 1 unspecified atom stereocenters. The highest BCUT2D eigenvalue weighted by Gasteiger charge is 2.42. The lowest BCUT2D eigenvalue weighted by Crippen LogP contribution is -2.41. The van der Waals surface area contributed by atoms with Crippen LogP contribution >= 0.6 is 0 Å². The second-order valence-corrected chi connectivity index (χ2v) is 6.29. The molecule has 1 amide bonds. The van der Waals surface area contributed by atoms with Crippen molar-refractivity contribution in [3.63, 3.8) is 0 Å². The van der Waals surface area contributed by atoms with E-state index in [0.29, 0.717) is 5.41 Å². The van der Waals surface area contributed by atoms with Gasteiger partial charge in [0, 0.05) is 20.2 Å². The van der Waals surface area contributed by atoms with Crippen molar-refractivity contribution in [1.29, 1.82) is 0 Å². The number of likely N-dealkylation sites (tertiary alicyclic amines) is 1. The van der Waals surface area contributed by atoms with Crippen LogP contribution in [0.5, 0.6) is 0 Å². The van der Waals surface area contributed by atoms with Gasteiger partial charge in [-0.3, -0.25) is 4.79 Å². The predicted octanol–water partition coefficient (Wildman–Crippen LogP) is 1.98. The molecule has 0 aliphatic carbocycles. The van der Waals surface area contributed by atoms with Crippen molar-refractivity contribution >= 4 is 5.91 Å². The van der Waals surface area contributed by atoms with Crippen LogP contribution in [0.1, 0.15) is 30.9 Å². The lowest BCUT2D eigenvalue weighted by molar-refractivity contribution is -0.141. The fraction of sp³-hybridized carbons (Fsp3) is 0.588. The van der Waals surface area contributed by atoms with Gasteiger partial charge in [0.25, 0.3) is 5.91 Å². The Kier molecular flexibility index (Phi) is 4.27. The average molecular weight is 288 g/mol. The zero-order valence-corrected chi connectivity index (χ0v) is 12.7. The van der Waals surface area contributed by atoms with Gasteiger partial charge in [0.15, 0.2) is 6.10 Å². The largest absolute Gasteiger partial charge is 0.367 e. The zero-order valence-electron chi connectivity index (χ0n) is 12.7. The summed E-state index contributed by atoms with van der Waals surface area (Å²) in [6.07, 6.45) is 3.02. The first kappa shape index (κ1) is 14.5. The first-order valence-electron chi connectivity index (χ1n) is 7.81. The number of nitrogens with zero attached hydrogens (tertiary/aromatic N) is 1. The molecule has 2 heterocycles. The number of piperidine rings is 1. The Bertz CT molecular complexity index is 483. The summed E-state index contributed by atoms with van der Waals surface area (Å²) in [5.74, 6) is 0.110. The van der Waals surface area contributed by atoms with Crippen LogP contribution in [0.25, 0.3) is 0 Å². The Morgan fingerprint density at radius 2 is 1.95 bits per heavy atom. The van der Waals surface area contributed by atoms with Gasteiger partial charge in [-0.05, 0) is 43.3 Å². The molecule has 1 spiro atoms. The molecule has 2 saturated heterocycles. The Labute approximate surface area is 126 Å². The summed E-state index contributed by atoms with van der Waals surface area (Å²) in [5.41, 5.74) is 1.28. The molecule has 1 N–H and O–H groups in total. The molecule has 1 aromatic carbocycles. The summed E-state index contributed by atoms with van der Waals surface area (Å²) in [4.78, 5) is 14.8. The predicted molar refractivity (Wildman–Crippen MR) is 81.9 cm³/mol. The lowest BCUT2D eigenvalue weighted by atomic mass is 9.78. The highest BCUT2D eigenvalue weighted by molar-refractivity contribution is 5.82. The molecule has 1 atom stereocenters. The van der Waals surface area contributed by atoms with E-state index in [-0.39, 0.29) is 5.91 Å². The SMILES string of the molecule is COC(C(=O)N1CCC2(CCNCC2)C1)c1ccccc1. The van der Waals surface area contributed by atoms with E-state index in [0.717, 1.165) is 38.2 Å². The van der Waals surface area contributed by atoms with Gasteiger partial charge in [0.1, 0.15) is 0 Å². The molecule has 3 rings (SSSR count). The molecule has 0 saturated carbocycles. The third-order valence-electron chi connectivity index (χ3n) is 4.98. The number of carbonyl (C=O) groups excluding carboxylic acids is 1. The van der Waals surface area contributed by atoms with Crippen molar-refractivity contribution in [2.75, 3.05) is 33.3 Å². The summed E-state index contributed by atoms with van der Waals surface area (Å²) in [6.45, 7) is 3.91. The van der Waals surface area contributed by atoms with Crippen molar-refractivity contribution < 1.29 is 9.53 Å². The zero-order chi connectivity index (χ0) is 14.7. The van der Waals surface area contributed by atoms with E-state index < -0.39 is 6.10 Å². The molecule has 2 fully saturated rings. The monoisotopic (exact) mass is 288 g/mol. The van der Waals surface area contributed by atoms with Crippen molar-refractivity contribution in [3.05, 3.63) is 35.9 Å². The molecule has 21 heavy (non-hydrogen) atoms. The maximum Gasteiger partial charge on any atom is 0.256 e. The number of hydrogen-bond donors (Lipinski definition) is 1. The number of ether oxygens (including phenoxy) is 1. The molecule has 0 aromatic heterocycles. The number of methoxy groups -OCH3 is 1. The molecule has 2 aliphatic rings. The normalized spacial score (nSPS) is 22.4. The van der Waals surface area contributed by atoms with Gasteiger partial charge in [-0.15, -0.1) is 0 Å². The van der Waals surface area contributed by atoms with Crippen LogP contribution in [-0.4, -0.2) is 44.1 Å². The minimum Gasteiger partial charge on any atom is -0.367 e. The van der Waals surface area contributed by atoms with Gasteiger partial charge in [-0.25, -0.2) is 0 Å². The first-order valence-corrected chi connectivity index (χ1v) is 7.81. The van der Waals surface area contributed by atoms with E-state index in [9.17, 15) is 4.79 Å². The van der Waals surface area contributed by atoms with Crippen LogP contribution in [0.3, 0.4) is 0 Å². The second kappa shape index (κ2) is 6.16. The molecule has 4 heteroatoms. The third-order valence-corrected chi connectivity index (χ3v) is 4.98. The number of amides is 1. The minimum absolute atomic E-state index is 0.110. The molecule has 0 radical (unpaired) electrons. The van der Waals surface area contributed by atoms with Gasteiger partial charge in [-0.2, -0.15) is 0 Å². The highest BCUT2D eigenvalue weighted by Crippen LogP contribution is 2.39. The van der Waals surface area contributed by atoms with Crippen molar-refractivity contribution in [2.24, 2.45) is 5.41 Å². The number of nitrogens with one attached hydrogen (secondary N) is 1. The maximum atomic E-state index is 12.8. The van der Waals surface area contributed by atoms with Crippen LogP contribution in [-0.2, 0) is 9.53 Å². The number of carbonyl (C=O) groups is 1. The van der Waals surface area contributed by atoms with E-state index in [4.69, 9.17) is 4.74 Å². The summed E-state index contributed by atoms with van der Waals surface area (Å²) in [6, 6.07) is 9.78. The third kappa shape index (κ3) is 2.97. The van der Waals surface area contributed by atoms with Crippen LogP contribution in [0.15, 0.2) is 30.3 Å². The maximum absolute atomic E-state index is 12.8. The highest BCUT2D eigenvalue weighted by atomic mass is 16.5. The summed E-state index contributed by atoms with van der Waals surface area (Å²) >= 11 is 0. The quantitative estimate of drug-likeness (QED) is 0.924. The molecule has 1 aromatic rings. The van der Waals surface area contributed by atoms with Crippen LogP contribution < -0.4 is 5.32 Å². The minimum atomic E-state index is -0.469. The number of hydrogen-bond acceptors (Lipinski definition) is 3. The van der Waals surface area contributed by atoms with Crippen LogP contribution in [0, 0.1) is 5.41 Å². The van der Waals surface area contributed by atoms with Crippen LogP contribution in [0.2, 0.25) is 0 Å². The Morgan fingerprint density at radius 1 is 1.24 bits per heavy atom. The number of benzene rings is 1. The molecular weight excluding hydrogens is 264 g/mol. The molecule has 0 bridgehead atoms. The van der Waals surface area contributed by atoms with Crippen LogP contribution in [0.4, 0.5) is 0 Å². The molecular formula is C17H24N2O2. The molecule has 4 nitrogen and oxygen atoms in total. The van der Waals surface area contributed by atoms with Crippen molar-refractivity contribution in [1.82, 2.24) is 10.2 Å². The number of rotatable bonds is 3. The second-order valence-electron chi connectivity index (χ2n) is 6.29. The van der Waals surface area contributed by atoms with E-state index in [1.807, 2.05) is 35.2 Å². The van der Waals surface area contributed by atoms with E-state index in [1.165, 1.54) is 12.8 Å². The molecule has 114 valence electrons. The van der Waals surface area contributed by atoms with Gasteiger partial charge < -0.3 is 15.0 Å². The van der Waals surface area contributed by atoms with Gasteiger partial charge in [-0.1, -0.05) is 30.3 Å². The lowest BCUT2D eigenvalue weighted by Gasteiger charge is -2.34. The van der Waals surface area contributed by atoms with E-state index in [2.05, 4.69) is 5.32 Å². The topological polar surface area (TPSA) is 41.6 Å². The van der Waals surface area contributed by atoms with E-state index in [1.54, 1.807) is 7.11 Å². The fourth-order valence-electron chi connectivity index (χ4n) is 3.66. The summed E-state index contributed by atoms with van der Waals surface area (Å²) in [5, 5.41) is 3.41. The Balaban J connectivity index is 1.70. The fourth-order valence-corrected chi connectivity index (χ4v) is 3.66. The first-order chi connectivity index (χ1) is 10.2. The van der Waals surface area contributed by atoms with Gasteiger partial charge in [0.05, 0.1) is 0 Å². The standard InChI is InChI=1S/C17H24N2O2/c1-21-15(14-5-3-2-4-6-14)16(20)19-12-9-17(13-19)7-10-18-11-8-17/h2-6,15,18H,7-13H2,1H3. The summed E-state index contributed by atoms with van der Waals surface area (Å²) in [7, 11) is 1.62. The van der Waals surface area contributed by atoms with Gasteiger partial charge in [0.2, 0.25) is 0 Å². The van der Waals surface area contributed by atoms with Crippen molar-refractivity contribution in [2.45, 2.75) is 25.4 Å².